The van der Waals surface area contributed by atoms with Crippen LogP contribution in [0.25, 0.3) is 10.9 Å². The molecule has 2 aromatic heterocycles. The second kappa shape index (κ2) is 17.9. The quantitative estimate of drug-likeness (QED) is 0.148. The number of methoxy groups -OCH3 is 2. The fourth-order valence-corrected chi connectivity index (χ4v) is 5.53. The molecule has 0 saturated carbocycles. The summed E-state index contributed by atoms with van der Waals surface area (Å²) in [6, 6.07) is 12.5. The molecule has 48 heavy (non-hydrogen) atoms. The Morgan fingerprint density at radius 1 is 0.979 bits per heavy atom. The van der Waals surface area contributed by atoms with Crippen LogP contribution in [0.5, 0.6) is 17.2 Å². The Balaban J connectivity index is 0.000000808. The zero-order chi connectivity index (χ0) is 34.5. The van der Waals surface area contributed by atoms with Crippen molar-refractivity contribution >= 4 is 40.2 Å². The minimum atomic E-state index is -0.464. The molecule has 1 atom stereocenters. The van der Waals surface area contributed by atoms with E-state index in [1.807, 2.05) is 18.2 Å². The summed E-state index contributed by atoms with van der Waals surface area (Å²) >= 11 is 0. The van der Waals surface area contributed by atoms with Gasteiger partial charge in [-0.15, -0.1) is 0 Å². The van der Waals surface area contributed by atoms with Crippen LogP contribution in [0.15, 0.2) is 67.6 Å². The van der Waals surface area contributed by atoms with Crippen molar-refractivity contribution in [1.82, 2.24) is 19.9 Å². The number of hydrogen-bond acceptors (Lipinski definition) is 12. The number of ether oxygens (including phenoxy) is 3. The number of halogens is 1. The molecule has 256 valence electrons. The van der Waals surface area contributed by atoms with Crippen molar-refractivity contribution in [1.29, 1.82) is 0 Å². The number of allylic oxidation sites excluding steroid dienone is 1. The third-order valence-corrected chi connectivity index (χ3v) is 8.08. The lowest BCUT2D eigenvalue weighted by atomic mass is 10.0. The van der Waals surface area contributed by atoms with Gasteiger partial charge in [0, 0.05) is 63.1 Å². The number of hydrogen-bond donors (Lipinski definition) is 3. The SMILES string of the molecule is C=CC=O.CO.COc1cc2ncnc(Nc3ccc(Oc4ccnc(N5CCC(OC)C5)c4)cc3F)c2cc1NC1CCN(C)CC1. The highest BCUT2D eigenvalue weighted by Gasteiger charge is 2.23. The summed E-state index contributed by atoms with van der Waals surface area (Å²) in [5.41, 5.74) is 1.84. The Hall–Kier alpha value is -4.85. The number of aromatic nitrogens is 3. The number of benzene rings is 2. The Morgan fingerprint density at radius 3 is 2.40 bits per heavy atom. The molecule has 2 aromatic carbocycles. The molecule has 0 spiro atoms. The molecule has 3 N–H and O–H groups in total. The van der Waals surface area contributed by atoms with Gasteiger partial charge in [-0.2, -0.15) is 0 Å². The first kappa shape index (κ1) is 36.0. The van der Waals surface area contributed by atoms with Gasteiger partial charge in [0.15, 0.2) is 0 Å². The van der Waals surface area contributed by atoms with Gasteiger partial charge in [-0.3, -0.25) is 4.79 Å². The number of aldehydes is 1. The third-order valence-electron chi connectivity index (χ3n) is 8.08. The van der Waals surface area contributed by atoms with Crippen LogP contribution in [0.2, 0.25) is 0 Å². The lowest BCUT2D eigenvalue weighted by molar-refractivity contribution is -0.104. The second-order valence-electron chi connectivity index (χ2n) is 11.2. The second-order valence-corrected chi connectivity index (χ2v) is 11.2. The van der Waals surface area contributed by atoms with Crippen LogP contribution in [-0.4, -0.2) is 97.9 Å². The minimum Gasteiger partial charge on any atom is -0.495 e. The highest BCUT2D eigenvalue weighted by atomic mass is 19.1. The molecular weight excluding hydrogens is 617 g/mol. The average molecular weight is 662 g/mol. The molecule has 6 rings (SSSR count). The molecule has 2 aliphatic rings. The van der Waals surface area contributed by atoms with E-state index in [4.69, 9.17) is 24.1 Å². The van der Waals surface area contributed by atoms with E-state index in [2.05, 4.69) is 49.0 Å². The Morgan fingerprint density at radius 2 is 1.73 bits per heavy atom. The van der Waals surface area contributed by atoms with Crippen molar-refractivity contribution in [2.24, 2.45) is 0 Å². The van der Waals surface area contributed by atoms with E-state index in [1.54, 1.807) is 38.6 Å². The van der Waals surface area contributed by atoms with Crippen LogP contribution < -0.4 is 25.0 Å². The maximum absolute atomic E-state index is 15.3. The van der Waals surface area contributed by atoms with Crippen LogP contribution in [-0.2, 0) is 9.53 Å². The van der Waals surface area contributed by atoms with E-state index in [0.29, 0.717) is 40.9 Å². The van der Waals surface area contributed by atoms with Gasteiger partial charge in [0.1, 0.15) is 47.3 Å². The monoisotopic (exact) mass is 661 g/mol. The van der Waals surface area contributed by atoms with E-state index in [0.717, 1.165) is 69.4 Å². The van der Waals surface area contributed by atoms with E-state index in [1.165, 1.54) is 18.5 Å². The minimum absolute atomic E-state index is 0.196. The number of aliphatic hydroxyl groups is 1. The third kappa shape index (κ3) is 9.37. The normalized spacial score (nSPS) is 16.2. The summed E-state index contributed by atoms with van der Waals surface area (Å²) in [7, 11) is 6.52. The largest absolute Gasteiger partial charge is 0.495 e. The number of piperidine rings is 1. The van der Waals surface area contributed by atoms with Gasteiger partial charge in [-0.25, -0.2) is 19.3 Å². The topological polar surface area (TPSA) is 134 Å². The highest BCUT2D eigenvalue weighted by Crippen LogP contribution is 2.35. The number of pyridine rings is 1. The molecule has 4 aromatic rings. The van der Waals surface area contributed by atoms with Crippen LogP contribution in [0.3, 0.4) is 0 Å². The van der Waals surface area contributed by atoms with Crippen molar-refractivity contribution in [3.63, 3.8) is 0 Å². The standard InChI is InChI=1S/C31H36FN7O3.C3H4O.CH4O/c1-38-11-7-20(8-12-38)36-28-16-24-27(17-29(28)41-3)34-19-35-31(24)37-26-5-4-21(14-25(26)32)42-22-6-10-33-30(15-22)39-13-9-23(18-39)40-2;1-2-3-4;1-2/h4-6,10,14-17,19-20,23,36H,7-9,11-13,18H2,1-3H3,(H,34,35,37);2-3H,1H2;2H,1H3. The lowest BCUT2D eigenvalue weighted by Gasteiger charge is -2.30. The van der Waals surface area contributed by atoms with Gasteiger partial charge in [0.05, 0.1) is 30.1 Å². The zero-order valence-corrected chi connectivity index (χ0v) is 27.9. The Kier molecular flexibility index (Phi) is 13.4. The number of likely N-dealkylation sites (tertiary alicyclic amines) is 1. The first-order valence-electron chi connectivity index (χ1n) is 15.7. The molecule has 2 saturated heterocycles. The number of nitrogens with one attached hydrogen (secondary N) is 2. The maximum Gasteiger partial charge on any atom is 0.150 e. The van der Waals surface area contributed by atoms with Crippen molar-refractivity contribution < 1.29 is 28.5 Å². The summed E-state index contributed by atoms with van der Waals surface area (Å²) < 4.78 is 32.4. The number of nitrogens with zero attached hydrogens (tertiary/aromatic N) is 5. The summed E-state index contributed by atoms with van der Waals surface area (Å²) in [5, 5.41) is 14.5. The van der Waals surface area contributed by atoms with Gasteiger partial charge >= 0.3 is 0 Å². The number of rotatable bonds is 10. The summed E-state index contributed by atoms with van der Waals surface area (Å²) in [4.78, 5) is 26.9. The fraction of sp³-hybridized carbons (Fsp3) is 0.371. The number of fused-ring (bicyclic) bond motifs is 1. The van der Waals surface area contributed by atoms with Gasteiger partial charge in [0.2, 0.25) is 0 Å². The molecule has 2 fully saturated rings. The zero-order valence-electron chi connectivity index (χ0n) is 27.9. The average Bonchev–Trinajstić information content (AvgIpc) is 3.61. The van der Waals surface area contributed by atoms with Crippen molar-refractivity contribution in [3.05, 3.63) is 73.5 Å². The summed E-state index contributed by atoms with van der Waals surface area (Å²) in [6.45, 7) is 6.84. The van der Waals surface area contributed by atoms with E-state index >= 15 is 4.39 Å². The molecule has 13 heteroatoms. The molecule has 0 amide bonds. The molecule has 4 heterocycles. The van der Waals surface area contributed by atoms with Crippen LogP contribution in [0.4, 0.5) is 27.4 Å². The molecule has 1 unspecified atom stereocenters. The summed E-state index contributed by atoms with van der Waals surface area (Å²) in [5.74, 6) is 2.52. The number of carbonyl (C=O) groups excluding carboxylic acids is 1. The van der Waals surface area contributed by atoms with Crippen LogP contribution in [0, 0.1) is 5.82 Å². The van der Waals surface area contributed by atoms with Gasteiger partial charge in [0.25, 0.3) is 0 Å². The first-order valence-corrected chi connectivity index (χ1v) is 15.7. The summed E-state index contributed by atoms with van der Waals surface area (Å²) in [6.07, 6.45) is 8.22. The van der Waals surface area contributed by atoms with Crippen molar-refractivity contribution in [2.75, 3.05) is 70.1 Å². The predicted molar refractivity (Wildman–Crippen MR) is 186 cm³/mol. The predicted octanol–water partition coefficient (Wildman–Crippen LogP) is 5.42. The molecule has 0 bridgehead atoms. The maximum atomic E-state index is 15.3. The van der Waals surface area contributed by atoms with E-state index < -0.39 is 5.82 Å². The van der Waals surface area contributed by atoms with Crippen LogP contribution >= 0.6 is 0 Å². The smallest absolute Gasteiger partial charge is 0.150 e. The lowest BCUT2D eigenvalue weighted by Crippen LogP contribution is -2.36. The van der Waals surface area contributed by atoms with Crippen molar-refractivity contribution in [2.45, 2.75) is 31.4 Å². The molecule has 2 aliphatic heterocycles. The molecular formula is C35H44FN7O5. The number of anilines is 4. The number of aliphatic hydroxyl groups excluding tert-OH is 1. The van der Waals surface area contributed by atoms with Crippen LogP contribution in [0.1, 0.15) is 19.3 Å². The highest BCUT2D eigenvalue weighted by molar-refractivity contribution is 5.95. The van der Waals surface area contributed by atoms with E-state index in [-0.39, 0.29) is 11.8 Å². The van der Waals surface area contributed by atoms with E-state index in [9.17, 15) is 0 Å². The molecule has 0 radical (unpaired) electrons. The van der Waals surface area contributed by atoms with Crippen molar-refractivity contribution in [3.8, 4) is 17.2 Å². The first-order chi connectivity index (χ1) is 23.4. The molecule has 0 aliphatic carbocycles. The fourth-order valence-electron chi connectivity index (χ4n) is 5.53. The van der Waals surface area contributed by atoms with Gasteiger partial charge < -0.3 is 39.8 Å². The molecule has 12 nitrogen and oxygen atoms in total. The Labute approximate surface area is 280 Å². The Bertz CT molecular complexity index is 1650. The van der Waals surface area contributed by atoms with Gasteiger partial charge in [-0.05, 0) is 69.7 Å². The van der Waals surface area contributed by atoms with Gasteiger partial charge in [-0.1, -0.05) is 6.58 Å². The number of carbonyl (C=O) groups is 1.